The minimum absolute atomic E-state index is 0.0590. The minimum Gasteiger partial charge on any atom is -0.486 e. The van der Waals surface area contributed by atoms with Gasteiger partial charge in [0.25, 0.3) is 0 Å². The van der Waals surface area contributed by atoms with Crippen LogP contribution in [0.25, 0.3) is 0 Å². The van der Waals surface area contributed by atoms with Gasteiger partial charge in [0.05, 0.1) is 0 Å². The zero-order valence-corrected chi connectivity index (χ0v) is 11.6. The van der Waals surface area contributed by atoms with Gasteiger partial charge in [-0.15, -0.1) is 0 Å². The van der Waals surface area contributed by atoms with E-state index in [2.05, 4.69) is 0 Å². The Morgan fingerprint density at radius 2 is 1.90 bits per heavy atom. The van der Waals surface area contributed by atoms with Crippen LogP contribution in [0.5, 0.6) is 5.75 Å². The third-order valence-electron chi connectivity index (χ3n) is 2.88. The quantitative estimate of drug-likeness (QED) is 0.917. The summed E-state index contributed by atoms with van der Waals surface area (Å²) in [7, 11) is 0. The highest BCUT2D eigenvalue weighted by atomic mass is 35.5. The van der Waals surface area contributed by atoms with Gasteiger partial charge in [-0.05, 0) is 36.8 Å². The van der Waals surface area contributed by atoms with Crippen LogP contribution in [0.2, 0.25) is 5.02 Å². The molecule has 0 bridgehead atoms. The van der Waals surface area contributed by atoms with Crippen LogP contribution in [0.4, 0.5) is 8.78 Å². The fourth-order valence-electron chi connectivity index (χ4n) is 1.71. The van der Waals surface area contributed by atoms with E-state index in [-0.39, 0.29) is 18.4 Å². The highest BCUT2D eigenvalue weighted by molar-refractivity contribution is 6.30. The van der Waals surface area contributed by atoms with Crippen molar-refractivity contribution in [2.24, 2.45) is 5.73 Å². The summed E-state index contributed by atoms with van der Waals surface area (Å²) in [4.78, 5) is 0. The van der Waals surface area contributed by atoms with Gasteiger partial charge in [0.15, 0.2) is 11.6 Å². The van der Waals surface area contributed by atoms with E-state index in [0.717, 1.165) is 0 Å². The third-order valence-corrected chi connectivity index (χ3v) is 3.12. The van der Waals surface area contributed by atoms with Crippen molar-refractivity contribution in [3.8, 4) is 5.75 Å². The van der Waals surface area contributed by atoms with Crippen LogP contribution < -0.4 is 10.5 Å². The molecule has 0 radical (unpaired) electrons. The number of halogens is 3. The van der Waals surface area contributed by atoms with E-state index >= 15 is 0 Å². The first-order valence-corrected chi connectivity index (χ1v) is 6.47. The van der Waals surface area contributed by atoms with Gasteiger partial charge in [-0.3, -0.25) is 0 Å². The molecule has 5 heteroatoms. The number of hydrogen-bond acceptors (Lipinski definition) is 2. The van der Waals surface area contributed by atoms with Crippen molar-refractivity contribution in [2.45, 2.75) is 19.6 Å². The largest absolute Gasteiger partial charge is 0.486 e. The van der Waals surface area contributed by atoms with Crippen molar-refractivity contribution in [2.75, 3.05) is 0 Å². The summed E-state index contributed by atoms with van der Waals surface area (Å²) in [5.41, 5.74) is 6.65. The average molecular weight is 298 g/mol. The van der Waals surface area contributed by atoms with Crippen molar-refractivity contribution in [1.82, 2.24) is 0 Å². The molecular formula is C15H14ClF2NO. The van der Waals surface area contributed by atoms with Gasteiger partial charge in [-0.2, -0.15) is 0 Å². The molecule has 2 rings (SSSR count). The first kappa shape index (κ1) is 14.8. The minimum atomic E-state index is -0.519. The molecule has 0 saturated heterocycles. The first-order valence-electron chi connectivity index (χ1n) is 6.09. The molecule has 0 saturated carbocycles. The predicted molar refractivity (Wildman–Crippen MR) is 74.7 cm³/mol. The highest BCUT2D eigenvalue weighted by Crippen LogP contribution is 2.23. The van der Waals surface area contributed by atoms with Crippen LogP contribution in [0.3, 0.4) is 0 Å². The van der Waals surface area contributed by atoms with Gasteiger partial charge in [0.1, 0.15) is 12.4 Å². The van der Waals surface area contributed by atoms with E-state index < -0.39 is 11.6 Å². The summed E-state index contributed by atoms with van der Waals surface area (Å²) in [6.07, 6.45) is 0. The molecule has 2 nitrogen and oxygen atoms in total. The van der Waals surface area contributed by atoms with Crippen molar-refractivity contribution >= 4 is 11.6 Å². The molecule has 2 aromatic carbocycles. The van der Waals surface area contributed by atoms with Gasteiger partial charge in [-0.1, -0.05) is 23.7 Å². The lowest BCUT2D eigenvalue weighted by molar-refractivity contribution is 0.284. The standard InChI is InChI=1S/C15H14ClF2NO/c1-9(19)10-3-5-15(14(18)6-10)20-8-11-2-4-12(16)7-13(11)17/h2-7,9H,8,19H2,1H3. The zero-order chi connectivity index (χ0) is 14.7. The Bertz CT molecular complexity index is 617. The molecule has 1 unspecified atom stereocenters. The molecular weight excluding hydrogens is 284 g/mol. The second kappa shape index (κ2) is 6.20. The molecule has 0 aromatic heterocycles. The van der Waals surface area contributed by atoms with Crippen LogP contribution in [0.1, 0.15) is 24.1 Å². The number of benzene rings is 2. The maximum Gasteiger partial charge on any atom is 0.165 e. The summed E-state index contributed by atoms with van der Waals surface area (Å²) in [5.74, 6) is -0.942. The Morgan fingerprint density at radius 3 is 2.50 bits per heavy atom. The normalized spacial score (nSPS) is 12.2. The molecule has 0 aliphatic rings. The maximum absolute atomic E-state index is 13.8. The summed E-state index contributed by atoms with van der Waals surface area (Å²) < 4.78 is 32.6. The Kier molecular flexibility index (Phi) is 4.57. The van der Waals surface area contributed by atoms with Gasteiger partial charge in [-0.25, -0.2) is 8.78 Å². The van der Waals surface area contributed by atoms with Crippen molar-refractivity contribution < 1.29 is 13.5 Å². The van der Waals surface area contributed by atoms with E-state index in [4.69, 9.17) is 22.1 Å². The molecule has 0 amide bonds. The fourth-order valence-corrected chi connectivity index (χ4v) is 1.87. The van der Waals surface area contributed by atoms with Gasteiger partial charge in [0, 0.05) is 16.6 Å². The molecule has 106 valence electrons. The van der Waals surface area contributed by atoms with Crippen molar-refractivity contribution in [3.63, 3.8) is 0 Å². The predicted octanol–water partition coefficient (Wildman–Crippen LogP) is 4.22. The average Bonchev–Trinajstić information content (AvgIpc) is 2.38. The lowest BCUT2D eigenvalue weighted by Gasteiger charge is -2.11. The summed E-state index contributed by atoms with van der Waals surface area (Å²) in [6, 6.07) is 8.48. The summed E-state index contributed by atoms with van der Waals surface area (Å²) >= 11 is 5.65. The second-order valence-electron chi connectivity index (χ2n) is 4.50. The molecule has 2 aromatic rings. The molecule has 2 N–H and O–H groups in total. The molecule has 0 fully saturated rings. The number of ether oxygens (including phenoxy) is 1. The fraction of sp³-hybridized carbons (Fsp3) is 0.200. The van der Waals surface area contributed by atoms with E-state index in [9.17, 15) is 8.78 Å². The topological polar surface area (TPSA) is 35.2 Å². The van der Waals surface area contributed by atoms with Gasteiger partial charge >= 0.3 is 0 Å². The van der Waals surface area contributed by atoms with E-state index in [1.54, 1.807) is 19.1 Å². The molecule has 0 heterocycles. The molecule has 1 atom stereocenters. The maximum atomic E-state index is 13.8. The molecule has 20 heavy (non-hydrogen) atoms. The second-order valence-corrected chi connectivity index (χ2v) is 4.94. The summed E-state index contributed by atoms with van der Waals surface area (Å²) in [6.45, 7) is 1.69. The lowest BCUT2D eigenvalue weighted by atomic mass is 10.1. The number of hydrogen-bond donors (Lipinski definition) is 1. The van der Waals surface area contributed by atoms with Crippen molar-refractivity contribution in [3.05, 3.63) is 64.2 Å². The molecule has 0 spiro atoms. The van der Waals surface area contributed by atoms with Crippen LogP contribution in [-0.4, -0.2) is 0 Å². The smallest absolute Gasteiger partial charge is 0.165 e. The van der Waals surface area contributed by atoms with Crippen LogP contribution >= 0.6 is 11.6 Å². The van der Waals surface area contributed by atoms with Crippen LogP contribution in [0.15, 0.2) is 36.4 Å². The first-order chi connectivity index (χ1) is 9.47. The Balaban J connectivity index is 2.11. The Morgan fingerprint density at radius 1 is 1.15 bits per heavy atom. The molecule has 0 aliphatic carbocycles. The van der Waals surface area contributed by atoms with Crippen LogP contribution in [0, 0.1) is 11.6 Å². The third kappa shape index (κ3) is 3.46. The molecule has 0 aliphatic heterocycles. The summed E-state index contributed by atoms with van der Waals surface area (Å²) in [5, 5.41) is 0.304. The number of nitrogens with two attached hydrogens (primary N) is 1. The zero-order valence-electron chi connectivity index (χ0n) is 10.9. The van der Waals surface area contributed by atoms with E-state index in [1.165, 1.54) is 24.3 Å². The van der Waals surface area contributed by atoms with Crippen LogP contribution in [-0.2, 0) is 6.61 Å². The van der Waals surface area contributed by atoms with Crippen molar-refractivity contribution in [1.29, 1.82) is 0 Å². The Labute approximate surface area is 121 Å². The van der Waals surface area contributed by atoms with Gasteiger partial charge in [0.2, 0.25) is 0 Å². The van der Waals surface area contributed by atoms with E-state index in [0.29, 0.717) is 16.1 Å². The van der Waals surface area contributed by atoms with Gasteiger partial charge < -0.3 is 10.5 Å². The monoisotopic (exact) mass is 297 g/mol. The van der Waals surface area contributed by atoms with E-state index in [1.807, 2.05) is 0 Å². The number of rotatable bonds is 4. The Hall–Kier alpha value is -1.65. The lowest BCUT2D eigenvalue weighted by Crippen LogP contribution is -2.06. The highest BCUT2D eigenvalue weighted by Gasteiger charge is 2.09. The SMILES string of the molecule is CC(N)c1ccc(OCc2ccc(Cl)cc2F)c(F)c1.